The summed E-state index contributed by atoms with van der Waals surface area (Å²) in [6.45, 7) is 0. The SMILES string of the molecule is O=C(O)C1=C(C(=O)N(F)c2ccc(-c3ccsc3)cc2)CCC1. The van der Waals surface area contributed by atoms with Gasteiger partial charge in [-0.3, -0.25) is 4.79 Å². The Morgan fingerprint density at radius 3 is 2.35 bits per heavy atom. The van der Waals surface area contributed by atoms with Gasteiger partial charge >= 0.3 is 5.97 Å². The number of amides is 1. The average molecular weight is 331 g/mol. The summed E-state index contributed by atoms with van der Waals surface area (Å²) in [5, 5.41) is 13.0. The van der Waals surface area contributed by atoms with Crippen LogP contribution < -0.4 is 5.12 Å². The number of hydrogen-bond acceptors (Lipinski definition) is 3. The molecule has 3 rings (SSSR count). The Balaban J connectivity index is 1.83. The average Bonchev–Trinajstić information content (AvgIpc) is 3.24. The van der Waals surface area contributed by atoms with E-state index in [1.807, 2.05) is 16.8 Å². The van der Waals surface area contributed by atoms with Crippen molar-refractivity contribution in [1.29, 1.82) is 0 Å². The highest BCUT2D eigenvalue weighted by molar-refractivity contribution is 7.08. The number of carboxylic acid groups (broad SMARTS) is 1. The lowest BCUT2D eigenvalue weighted by Crippen LogP contribution is -2.24. The van der Waals surface area contributed by atoms with E-state index in [1.165, 1.54) is 12.1 Å². The van der Waals surface area contributed by atoms with Gasteiger partial charge in [-0.25, -0.2) is 4.79 Å². The van der Waals surface area contributed by atoms with Gasteiger partial charge in [0.25, 0.3) is 5.91 Å². The number of benzene rings is 1. The summed E-state index contributed by atoms with van der Waals surface area (Å²) in [6.07, 6.45) is 1.17. The van der Waals surface area contributed by atoms with Crippen LogP contribution in [0, 0.1) is 0 Å². The van der Waals surface area contributed by atoms with E-state index in [1.54, 1.807) is 23.5 Å². The second-order valence-corrected chi connectivity index (χ2v) is 6.04. The van der Waals surface area contributed by atoms with E-state index in [-0.39, 0.29) is 22.0 Å². The Bertz CT molecular complexity index is 766. The lowest BCUT2D eigenvalue weighted by Gasteiger charge is -2.13. The molecule has 0 saturated heterocycles. The van der Waals surface area contributed by atoms with Gasteiger partial charge in [0.2, 0.25) is 0 Å². The van der Waals surface area contributed by atoms with Crippen LogP contribution >= 0.6 is 11.3 Å². The number of hydrogen-bond donors (Lipinski definition) is 1. The van der Waals surface area contributed by atoms with Crippen LogP contribution in [0.15, 0.2) is 52.2 Å². The number of nitrogens with zero attached hydrogens (tertiary/aromatic N) is 1. The summed E-state index contributed by atoms with van der Waals surface area (Å²) in [5.74, 6) is -2.03. The largest absolute Gasteiger partial charge is 0.478 e. The number of carbonyl (C=O) groups excluding carboxylic acids is 1. The molecule has 1 aliphatic rings. The number of halogens is 1. The molecule has 6 heteroatoms. The Hall–Kier alpha value is -2.47. The van der Waals surface area contributed by atoms with Crippen molar-refractivity contribution < 1.29 is 19.2 Å². The van der Waals surface area contributed by atoms with Gasteiger partial charge in [-0.1, -0.05) is 16.6 Å². The molecule has 1 N–H and O–H groups in total. The third-order valence-electron chi connectivity index (χ3n) is 3.86. The molecule has 4 nitrogen and oxygen atoms in total. The van der Waals surface area contributed by atoms with Crippen LogP contribution in [0.25, 0.3) is 11.1 Å². The van der Waals surface area contributed by atoms with Gasteiger partial charge in [0.15, 0.2) is 0 Å². The van der Waals surface area contributed by atoms with Crippen molar-refractivity contribution in [2.45, 2.75) is 19.3 Å². The third-order valence-corrected chi connectivity index (χ3v) is 4.54. The zero-order chi connectivity index (χ0) is 16.4. The van der Waals surface area contributed by atoms with Crippen LogP contribution in [0.2, 0.25) is 0 Å². The van der Waals surface area contributed by atoms with Crippen LogP contribution in [-0.4, -0.2) is 17.0 Å². The van der Waals surface area contributed by atoms with Gasteiger partial charge in [0.05, 0.1) is 5.69 Å². The molecule has 0 atom stereocenters. The Kier molecular flexibility index (Phi) is 4.25. The summed E-state index contributed by atoms with van der Waals surface area (Å²) < 4.78 is 14.4. The molecule has 1 amide bonds. The Morgan fingerprint density at radius 1 is 1.04 bits per heavy atom. The number of aliphatic carboxylic acids is 1. The molecule has 1 aromatic carbocycles. The van der Waals surface area contributed by atoms with Crippen molar-refractivity contribution >= 4 is 28.9 Å². The molecule has 118 valence electrons. The maximum Gasteiger partial charge on any atom is 0.332 e. The van der Waals surface area contributed by atoms with Crippen molar-refractivity contribution in [2.75, 3.05) is 5.12 Å². The quantitative estimate of drug-likeness (QED) is 0.854. The zero-order valence-corrected chi connectivity index (χ0v) is 13.0. The Labute approximate surface area is 136 Å². The van der Waals surface area contributed by atoms with Crippen molar-refractivity contribution in [2.24, 2.45) is 0 Å². The molecular formula is C17H14FNO3S. The fourth-order valence-corrected chi connectivity index (χ4v) is 3.33. The Morgan fingerprint density at radius 2 is 1.74 bits per heavy atom. The van der Waals surface area contributed by atoms with Crippen molar-refractivity contribution in [3.63, 3.8) is 0 Å². The summed E-state index contributed by atoms with van der Waals surface area (Å²) in [4.78, 5) is 23.3. The topological polar surface area (TPSA) is 57.6 Å². The van der Waals surface area contributed by atoms with E-state index in [0.717, 1.165) is 11.1 Å². The van der Waals surface area contributed by atoms with Gasteiger partial charge in [0, 0.05) is 11.1 Å². The first kappa shape index (κ1) is 15.4. The maximum atomic E-state index is 14.4. The molecule has 1 aliphatic carbocycles. The molecule has 23 heavy (non-hydrogen) atoms. The zero-order valence-electron chi connectivity index (χ0n) is 12.2. The molecule has 2 aromatic rings. The highest BCUT2D eigenvalue weighted by atomic mass is 32.1. The van der Waals surface area contributed by atoms with Crippen LogP contribution in [-0.2, 0) is 9.59 Å². The second-order valence-electron chi connectivity index (χ2n) is 5.26. The lowest BCUT2D eigenvalue weighted by molar-refractivity contribution is -0.133. The highest BCUT2D eigenvalue weighted by Crippen LogP contribution is 2.30. The molecule has 0 aliphatic heterocycles. The first-order valence-corrected chi connectivity index (χ1v) is 8.10. The number of rotatable bonds is 4. The molecule has 0 unspecified atom stereocenters. The minimum absolute atomic E-state index is 0.0209. The van der Waals surface area contributed by atoms with E-state index < -0.39 is 11.9 Å². The normalized spacial score (nSPS) is 14.1. The van der Waals surface area contributed by atoms with Crippen LogP contribution in [0.5, 0.6) is 0 Å². The minimum atomic E-state index is -1.15. The van der Waals surface area contributed by atoms with E-state index >= 15 is 0 Å². The van der Waals surface area contributed by atoms with E-state index in [4.69, 9.17) is 5.11 Å². The standard InChI is InChI=1S/C17H14FNO3S/c18-19(16(20)14-2-1-3-15(14)17(21)22)13-6-4-11(5-7-13)12-8-9-23-10-12/h4-10H,1-3H2,(H,21,22). The van der Waals surface area contributed by atoms with E-state index in [9.17, 15) is 14.1 Å². The first-order chi connectivity index (χ1) is 11.1. The van der Waals surface area contributed by atoms with E-state index in [0.29, 0.717) is 19.3 Å². The monoisotopic (exact) mass is 331 g/mol. The second kappa shape index (κ2) is 6.34. The predicted molar refractivity (Wildman–Crippen MR) is 86.9 cm³/mol. The number of thiophene rings is 1. The van der Waals surface area contributed by atoms with Crippen molar-refractivity contribution in [3.8, 4) is 11.1 Å². The minimum Gasteiger partial charge on any atom is -0.478 e. The number of carbonyl (C=O) groups is 2. The summed E-state index contributed by atoms with van der Waals surface area (Å²) in [7, 11) is 0. The smallest absolute Gasteiger partial charge is 0.332 e. The van der Waals surface area contributed by atoms with Gasteiger partial charge in [-0.15, -0.1) is 5.12 Å². The van der Waals surface area contributed by atoms with Crippen molar-refractivity contribution in [3.05, 3.63) is 52.2 Å². The summed E-state index contributed by atoms with van der Waals surface area (Å²) in [6, 6.07) is 8.46. The summed E-state index contributed by atoms with van der Waals surface area (Å²) in [5.41, 5.74) is 2.14. The molecule has 1 aromatic heterocycles. The number of carboxylic acids is 1. The maximum absolute atomic E-state index is 14.4. The molecule has 0 saturated carbocycles. The molecule has 0 spiro atoms. The number of anilines is 1. The highest BCUT2D eigenvalue weighted by Gasteiger charge is 2.29. The van der Waals surface area contributed by atoms with Crippen molar-refractivity contribution in [1.82, 2.24) is 0 Å². The van der Waals surface area contributed by atoms with Crippen LogP contribution in [0.1, 0.15) is 19.3 Å². The molecule has 0 fully saturated rings. The molecule has 0 bridgehead atoms. The fourth-order valence-electron chi connectivity index (χ4n) is 2.66. The van der Waals surface area contributed by atoms with Crippen LogP contribution in [0.3, 0.4) is 0 Å². The van der Waals surface area contributed by atoms with Gasteiger partial charge in [0.1, 0.15) is 0 Å². The van der Waals surface area contributed by atoms with Crippen LogP contribution in [0.4, 0.5) is 10.2 Å². The van der Waals surface area contributed by atoms with E-state index in [2.05, 4.69) is 0 Å². The lowest BCUT2D eigenvalue weighted by atomic mass is 10.1. The van der Waals surface area contributed by atoms with Gasteiger partial charge in [-0.2, -0.15) is 11.3 Å². The van der Waals surface area contributed by atoms with Gasteiger partial charge < -0.3 is 5.11 Å². The molecular weight excluding hydrogens is 317 g/mol. The third kappa shape index (κ3) is 3.03. The molecule has 0 radical (unpaired) electrons. The predicted octanol–water partition coefficient (Wildman–Crippen LogP) is 4.20. The van der Waals surface area contributed by atoms with Gasteiger partial charge in [-0.05, 0) is 59.3 Å². The molecule has 1 heterocycles. The first-order valence-electron chi connectivity index (χ1n) is 7.16. The summed E-state index contributed by atoms with van der Waals surface area (Å²) >= 11 is 1.57. The fraction of sp³-hybridized carbons (Fsp3) is 0.176.